The standard InChI is InChI=1S/C18H15FN4O/c1-2-10-8-16(24)14(19)9-13(10)11-3-4-12-15(7-11)22-23-17(12)18-20-5-6-21-18/h3-9,24H,2H2,1H3,(H,20,21)(H,22,23). The third-order valence-electron chi connectivity index (χ3n) is 4.15. The Morgan fingerprint density at radius 3 is 2.83 bits per heavy atom. The van der Waals surface area contributed by atoms with Crippen molar-refractivity contribution in [1.82, 2.24) is 20.2 Å². The molecule has 4 rings (SSSR count). The molecule has 0 radical (unpaired) electrons. The first kappa shape index (κ1) is 14.4. The lowest BCUT2D eigenvalue weighted by atomic mass is 9.96. The maximum absolute atomic E-state index is 13.8. The summed E-state index contributed by atoms with van der Waals surface area (Å²) < 4.78 is 13.8. The van der Waals surface area contributed by atoms with Crippen LogP contribution in [0.25, 0.3) is 33.5 Å². The number of nitrogens with one attached hydrogen (secondary N) is 2. The summed E-state index contributed by atoms with van der Waals surface area (Å²) in [5.74, 6) is -0.250. The summed E-state index contributed by atoms with van der Waals surface area (Å²) in [6.07, 6.45) is 4.12. The fourth-order valence-electron chi connectivity index (χ4n) is 2.93. The zero-order chi connectivity index (χ0) is 16.7. The Morgan fingerprint density at radius 1 is 1.21 bits per heavy atom. The number of aromatic hydroxyl groups is 1. The van der Waals surface area contributed by atoms with Gasteiger partial charge in [0.25, 0.3) is 0 Å². The highest BCUT2D eigenvalue weighted by Gasteiger charge is 2.14. The summed E-state index contributed by atoms with van der Waals surface area (Å²) in [6, 6.07) is 8.65. The molecular weight excluding hydrogens is 307 g/mol. The van der Waals surface area contributed by atoms with Gasteiger partial charge < -0.3 is 10.1 Å². The third kappa shape index (κ3) is 2.23. The number of benzene rings is 2. The fraction of sp³-hybridized carbons (Fsp3) is 0.111. The molecule has 24 heavy (non-hydrogen) atoms. The first-order valence-corrected chi connectivity index (χ1v) is 7.67. The molecule has 0 aliphatic heterocycles. The summed E-state index contributed by atoms with van der Waals surface area (Å²) in [4.78, 5) is 7.26. The van der Waals surface area contributed by atoms with Crippen molar-refractivity contribution in [3.8, 4) is 28.4 Å². The summed E-state index contributed by atoms with van der Waals surface area (Å²) in [5.41, 5.74) is 4.11. The summed E-state index contributed by atoms with van der Waals surface area (Å²) in [6.45, 7) is 1.97. The molecule has 0 amide bonds. The highest BCUT2D eigenvalue weighted by molar-refractivity contribution is 5.94. The van der Waals surface area contributed by atoms with Crippen molar-refractivity contribution >= 4 is 10.9 Å². The van der Waals surface area contributed by atoms with Gasteiger partial charge >= 0.3 is 0 Å². The number of imidazole rings is 1. The normalized spacial score (nSPS) is 11.2. The smallest absolute Gasteiger partial charge is 0.165 e. The molecule has 2 aromatic carbocycles. The van der Waals surface area contributed by atoms with Crippen molar-refractivity contribution in [2.24, 2.45) is 0 Å². The van der Waals surface area contributed by atoms with E-state index >= 15 is 0 Å². The molecule has 2 heterocycles. The van der Waals surface area contributed by atoms with E-state index in [2.05, 4.69) is 20.2 Å². The molecule has 6 heteroatoms. The second kappa shape index (κ2) is 5.49. The van der Waals surface area contributed by atoms with E-state index in [1.165, 1.54) is 12.1 Å². The van der Waals surface area contributed by atoms with Gasteiger partial charge in [-0.3, -0.25) is 5.10 Å². The third-order valence-corrected chi connectivity index (χ3v) is 4.15. The minimum absolute atomic E-state index is 0.321. The zero-order valence-corrected chi connectivity index (χ0v) is 13.0. The van der Waals surface area contributed by atoms with Gasteiger partial charge in [-0.25, -0.2) is 9.37 Å². The van der Waals surface area contributed by atoms with Crippen LogP contribution in [0.2, 0.25) is 0 Å². The van der Waals surface area contributed by atoms with Crippen molar-refractivity contribution in [2.45, 2.75) is 13.3 Å². The lowest BCUT2D eigenvalue weighted by molar-refractivity contribution is 0.432. The number of nitrogens with zero attached hydrogens (tertiary/aromatic N) is 2. The Hall–Kier alpha value is -3.15. The van der Waals surface area contributed by atoms with E-state index in [9.17, 15) is 9.50 Å². The van der Waals surface area contributed by atoms with Gasteiger partial charge in [-0.05, 0) is 47.4 Å². The monoisotopic (exact) mass is 322 g/mol. The molecule has 0 fully saturated rings. The summed E-state index contributed by atoms with van der Waals surface area (Å²) in [7, 11) is 0. The minimum atomic E-state index is -0.622. The molecule has 3 N–H and O–H groups in total. The first-order chi connectivity index (χ1) is 11.7. The van der Waals surface area contributed by atoms with Crippen LogP contribution in [0, 0.1) is 5.82 Å². The lowest BCUT2D eigenvalue weighted by Gasteiger charge is -2.10. The number of aromatic nitrogens is 4. The summed E-state index contributed by atoms with van der Waals surface area (Å²) >= 11 is 0. The number of halogens is 1. The topological polar surface area (TPSA) is 77.6 Å². The first-order valence-electron chi connectivity index (χ1n) is 7.67. The average Bonchev–Trinajstić information content (AvgIpc) is 3.25. The van der Waals surface area contributed by atoms with E-state index < -0.39 is 5.82 Å². The van der Waals surface area contributed by atoms with Crippen molar-refractivity contribution in [3.63, 3.8) is 0 Å². The summed E-state index contributed by atoms with van der Waals surface area (Å²) in [5, 5.41) is 17.8. The van der Waals surface area contributed by atoms with Gasteiger partial charge in [0.1, 0.15) is 5.69 Å². The fourth-order valence-corrected chi connectivity index (χ4v) is 2.93. The van der Waals surface area contributed by atoms with Crippen LogP contribution in [0.5, 0.6) is 5.75 Å². The van der Waals surface area contributed by atoms with E-state index in [0.29, 0.717) is 12.2 Å². The van der Waals surface area contributed by atoms with Crippen LogP contribution >= 0.6 is 0 Å². The Morgan fingerprint density at radius 2 is 2.08 bits per heavy atom. The van der Waals surface area contributed by atoms with E-state index in [-0.39, 0.29) is 5.75 Å². The van der Waals surface area contributed by atoms with Gasteiger partial charge in [0, 0.05) is 17.8 Å². The van der Waals surface area contributed by atoms with Crippen molar-refractivity contribution in [1.29, 1.82) is 0 Å². The molecule has 4 aromatic rings. The highest BCUT2D eigenvalue weighted by Crippen LogP contribution is 2.33. The van der Waals surface area contributed by atoms with Gasteiger partial charge in [-0.1, -0.05) is 13.0 Å². The number of phenolic OH excluding ortho intramolecular Hbond substituents is 1. The Balaban J connectivity index is 1.86. The van der Waals surface area contributed by atoms with Gasteiger partial charge in [0.05, 0.1) is 5.52 Å². The molecule has 0 spiro atoms. The SMILES string of the molecule is CCc1cc(O)c(F)cc1-c1ccc2c(-c3ncc[nH]3)n[nH]c2c1. The predicted octanol–water partition coefficient (Wildman–Crippen LogP) is 4.03. The van der Waals surface area contributed by atoms with Crippen LogP contribution < -0.4 is 0 Å². The molecule has 0 bridgehead atoms. The molecule has 0 aliphatic rings. The van der Waals surface area contributed by atoms with Gasteiger partial charge in [0.15, 0.2) is 17.4 Å². The molecule has 0 atom stereocenters. The number of aromatic amines is 2. The number of rotatable bonds is 3. The van der Waals surface area contributed by atoms with E-state index in [1.54, 1.807) is 12.4 Å². The Labute approximate surface area is 137 Å². The second-order valence-corrected chi connectivity index (χ2v) is 5.58. The van der Waals surface area contributed by atoms with Gasteiger partial charge in [-0.2, -0.15) is 5.10 Å². The molecule has 2 aromatic heterocycles. The maximum Gasteiger partial charge on any atom is 0.165 e. The minimum Gasteiger partial charge on any atom is -0.505 e. The number of hydrogen-bond donors (Lipinski definition) is 3. The van der Waals surface area contributed by atoms with Crippen LogP contribution in [-0.4, -0.2) is 25.3 Å². The number of H-pyrrole nitrogens is 2. The maximum atomic E-state index is 13.8. The largest absolute Gasteiger partial charge is 0.505 e. The van der Waals surface area contributed by atoms with E-state index in [4.69, 9.17) is 0 Å². The molecule has 120 valence electrons. The predicted molar refractivity (Wildman–Crippen MR) is 90.1 cm³/mol. The van der Waals surface area contributed by atoms with E-state index in [0.717, 1.165) is 33.3 Å². The number of fused-ring (bicyclic) bond motifs is 1. The van der Waals surface area contributed by atoms with Gasteiger partial charge in [-0.15, -0.1) is 0 Å². The molecule has 0 saturated heterocycles. The van der Waals surface area contributed by atoms with Crippen LogP contribution in [0.15, 0.2) is 42.7 Å². The highest BCUT2D eigenvalue weighted by atomic mass is 19.1. The second-order valence-electron chi connectivity index (χ2n) is 5.58. The molecular formula is C18H15FN4O. The molecule has 0 saturated carbocycles. The zero-order valence-electron chi connectivity index (χ0n) is 13.0. The van der Waals surface area contributed by atoms with Crippen molar-refractivity contribution < 1.29 is 9.50 Å². The quantitative estimate of drug-likeness (QED) is 0.533. The number of phenols is 1. The number of hydrogen-bond acceptors (Lipinski definition) is 3. The Kier molecular flexibility index (Phi) is 3.30. The molecule has 0 unspecified atom stereocenters. The molecule has 5 nitrogen and oxygen atoms in total. The average molecular weight is 322 g/mol. The Bertz CT molecular complexity index is 1020. The van der Waals surface area contributed by atoms with Crippen molar-refractivity contribution in [2.75, 3.05) is 0 Å². The van der Waals surface area contributed by atoms with Crippen LogP contribution in [-0.2, 0) is 6.42 Å². The van der Waals surface area contributed by atoms with Crippen LogP contribution in [0.4, 0.5) is 4.39 Å². The van der Waals surface area contributed by atoms with Crippen molar-refractivity contribution in [3.05, 3.63) is 54.1 Å². The molecule has 0 aliphatic carbocycles. The van der Waals surface area contributed by atoms with E-state index in [1.807, 2.05) is 25.1 Å². The number of aryl methyl sites for hydroxylation is 1. The van der Waals surface area contributed by atoms with Crippen LogP contribution in [0.1, 0.15) is 12.5 Å². The van der Waals surface area contributed by atoms with Crippen LogP contribution in [0.3, 0.4) is 0 Å². The van der Waals surface area contributed by atoms with Gasteiger partial charge in [0.2, 0.25) is 0 Å². The lowest BCUT2D eigenvalue weighted by Crippen LogP contribution is -1.90.